The zero-order valence-corrected chi connectivity index (χ0v) is 13.4. The molecule has 120 valence electrons. The van der Waals surface area contributed by atoms with Crippen LogP contribution in [0, 0.1) is 5.92 Å². The smallest absolute Gasteiger partial charge is 0.268 e. The Hall–Kier alpha value is -2.06. The van der Waals surface area contributed by atoms with Crippen molar-refractivity contribution in [2.75, 3.05) is 13.2 Å². The van der Waals surface area contributed by atoms with Gasteiger partial charge in [-0.2, -0.15) is 0 Å². The van der Waals surface area contributed by atoms with Crippen LogP contribution in [-0.2, 0) is 17.8 Å². The molecule has 4 heterocycles. The molecule has 0 saturated carbocycles. The lowest BCUT2D eigenvalue weighted by molar-refractivity contribution is 0.0596. The summed E-state index contributed by atoms with van der Waals surface area (Å²) in [7, 11) is 0. The maximum absolute atomic E-state index is 12.5. The summed E-state index contributed by atoms with van der Waals surface area (Å²) in [5.41, 5.74) is 0.0121. The highest BCUT2D eigenvalue weighted by Crippen LogP contribution is 2.18. The molecule has 0 aliphatic carbocycles. The first kappa shape index (κ1) is 14.5. The van der Waals surface area contributed by atoms with Gasteiger partial charge in [-0.15, -0.1) is 16.4 Å². The van der Waals surface area contributed by atoms with Crippen molar-refractivity contribution < 1.29 is 4.74 Å². The van der Waals surface area contributed by atoms with E-state index in [0.717, 1.165) is 48.5 Å². The Morgan fingerprint density at radius 1 is 1.30 bits per heavy atom. The molecule has 23 heavy (non-hydrogen) atoms. The summed E-state index contributed by atoms with van der Waals surface area (Å²) in [6.45, 7) is 2.78. The van der Waals surface area contributed by atoms with Gasteiger partial charge in [0.15, 0.2) is 5.82 Å². The fourth-order valence-electron chi connectivity index (χ4n) is 2.92. The van der Waals surface area contributed by atoms with Crippen LogP contribution in [0.2, 0.25) is 0 Å². The lowest BCUT2D eigenvalue weighted by atomic mass is 10.0. The van der Waals surface area contributed by atoms with E-state index in [-0.39, 0.29) is 5.56 Å². The molecule has 0 amide bonds. The number of ether oxygens (including phenoxy) is 1. The van der Waals surface area contributed by atoms with Crippen LogP contribution >= 0.6 is 11.3 Å². The van der Waals surface area contributed by atoms with E-state index >= 15 is 0 Å². The number of hydrogen-bond donors (Lipinski definition) is 0. The highest BCUT2D eigenvalue weighted by atomic mass is 32.1. The van der Waals surface area contributed by atoms with Crippen LogP contribution < -0.4 is 5.56 Å². The highest BCUT2D eigenvalue weighted by molar-refractivity contribution is 7.17. The molecule has 1 saturated heterocycles. The number of fused-ring (bicyclic) bond motifs is 1. The summed E-state index contributed by atoms with van der Waals surface area (Å²) >= 11 is 1.47. The molecule has 4 rings (SSSR count). The quantitative estimate of drug-likeness (QED) is 0.725. The standard InChI is InChI=1S/C15H17N5O2S/c21-15-14-12(4-8-23-14)1-5-19(15)10-13-16-17-18-20(13)9-11-2-6-22-7-3-11/h1,4-5,8,11H,2-3,6-7,9-10H2. The number of rotatable bonds is 4. The van der Waals surface area contributed by atoms with Crippen molar-refractivity contribution >= 4 is 21.4 Å². The van der Waals surface area contributed by atoms with Crippen LogP contribution in [-0.4, -0.2) is 38.0 Å². The van der Waals surface area contributed by atoms with Crippen molar-refractivity contribution in [3.05, 3.63) is 39.9 Å². The molecule has 0 unspecified atom stereocenters. The van der Waals surface area contributed by atoms with Gasteiger partial charge in [0, 0.05) is 26.0 Å². The second-order valence-electron chi connectivity index (χ2n) is 5.79. The monoisotopic (exact) mass is 331 g/mol. The molecular weight excluding hydrogens is 314 g/mol. The largest absolute Gasteiger partial charge is 0.381 e. The van der Waals surface area contributed by atoms with E-state index in [1.165, 1.54) is 11.3 Å². The Morgan fingerprint density at radius 3 is 3.04 bits per heavy atom. The van der Waals surface area contributed by atoms with E-state index in [0.29, 0.717) is 12.5 Å². The molecule has 0 N–H and O–H groups in total. The fraction of sp³-hybridized carbons (Fsp3) is 0.467. The molecule has 0 spiro atoms. The van der Waals surface area contributed by atoms with Gasteiger partial charge in [-0.3, -0.25) is 4.79 Å². The topological polar surface area (TPSA) is 74.8 Å². The number of aromatic nitrogens is 5. The maximum atomic E-state index is 12.5. The van der Waals surface area contributed by atoms with Crippen LogP contribution in [0.15, 0.2) is 28.5 Å². The van der Waals surface area contributed by atoms with Crippen LogP contribution in [0.4, 0.5) is 0 Å². The number of thiophene rings is 1. The average molecular weight is 331 g/mol. The third kappa shape index (κ3) is 2.91. The normalized spacial score (nSPS) is 16.2. The van der Waals surface area contributed by atoms with Crippen LogP contribution in [0.25, 0.3) is 10.1 Å². The van der Waals surface area contributed by atoms with Gasteiger partial charge in [0.1, 0.15) is 0 Å². The molecular formula is C15H17N5O2S. The summed E-state index contributed by atoms with van der Waals surface area (Å²) < 4.78 is 9.65. The summed E-state index contributed by atoms with van der Waals surface area (Å²) in [6, 6.07) is 3.92. The first-order valence-electron chi connectivity index (χ1n) is 7.71. The summed E-state index contributed by atoms with van der Waals surface area (Å²) in [6.07, 6.45) is 3.87. The first-order valence-corrected chi connectivity index (χ1v) is 8.58. The summed E-state index contributed by atoms with van der Waals surface area (Å²) in [5.74, 6) is 1.25. The van der Waals surface area contributed by atoms with Crippen molar-refractivity contribution in [1.82, 2.24) is 24.8 Å². The molecule has 7 nitrogen and oxygen atoms in total. The van der Waals surface area contributed by atoms with Gasteiger partial charge in [-0.1, -0.05) is 0 Å². The lowest BCUT2D eigenvalue weighted by Crippen LogP contribution is -2.25. The van der Waals surface area contributed by atoms with E-state index < -0.39 is 0 Å². The van der Waals surface area contributed by atoms with E-state index in [1.54, 1.807) is 4.57 Å². The molecule has 1 aliphatic rings. The van der Waals surface area contributed by atoms with Crippen LogP contribution in [0.5, 0.6) is 0 Å². The molecule has 0 radical (unpaired) electrons. The van der Waals surface area contributed by atoms with Gasteiger partial charge in [-0.25, -0.2) is 4.68 Å². The molecule has 8 heteroatoms. The van der Waals surface area contributed by atoms with Gasteiger partial charge in [0.05, 0.1) is 11.2 Å². The summed E-state index contributed by atoms with van der Waals surface area (Å²) in [5, 5.41) is 14.9. The number of tetrazole rings is 1. The third-order valence-electron chi connectivity index (χ3n) is 4.27. The molecule has 1 fully saturated rings. The van der Waals surface area contributed by atoms with E-state index in [4.69, 9.17) is 4.74 Å². The van der Waals surface area contributed by atoms with Gasteiger partial charge in [0.25, 0.3) is 5.56 Å². The van der Waals surface area contributed by atoms with Crippen molar-refractivity contribution in [3.8, 4) is 0 Å². The van der Waals surface area contributed by atoms with E-state index in [9.17, 15) is 4.79 Å². The third-order valence-corrected chi connectivity index (χ3v) is 5.19. The minimum absolute atomic E-state index is 0.0121. The molecule has 0 atom stereocenters. The van der Waals surface area contributed by atoms with E-state index in [2.05, 4.69) is 15.5 Å². The minimum Gasteiger partial charge on any atom is -0.381 e. The van der Waals surface area contributed by atoms with Gasteiger partial charge in [0.2, 0.25) is 0 Å². The predicted molar refractivity (Wildman–Crippen MR) is 86.5 cm³/mol. The van der Waals surface area contributed by atoms with Crippen molar-refractivity contribution in [2.24, 2.45) is 5.92 Å². The fourth-order valence-corrected chi connectivity index (χ4v) is 3.76. The maximum Gasteiger partial charge on any atom is 0.268 e. The first-order chi connectivity index (χ1) is 11.3. The molecule has 3 aromatic rings. The minimum atomic E-state index is 0.0121. The zero-order valence-electron chi connectivity index (χ0n) is 12.6. The Kier molecular flexibility index (Phi) is 3.92. The van der Waals surface area contributed by atoms with Gasteiger partial charge in [-0.05, 0) is 52.1 Å². The molecule has 0 aromatic carbocycles. The predicted octanol–water partition coefficient (Wildman–Crippen LogP) is 1.52. The average Bonchev–Trinajstić information content (AvgIpc) is 3.21. The second-order valence-corrected chi connectivity index (χ2v) is 6.70. The zero-order chi connectivity index (χ0) is 15.6. The highest BCUT2D eigenvalue weighted by Gasteiger charge is 2.17. The summed E-state index contributed by atoms with van der Waals surface area (Å²) in [4.78, 5) is 12.5. The van der Waals surface area contributed by atoms with Crippen molar-refractivity contribution in [1.29, 1.82) is 0 Å². The molecule has 0 bridgehead atoms. The Balaban J connectivity index is 1.57. The molecule has 3 aromatic heterocycles. The van der Waals surface area contributed by atoms with Gasteiger partial charge < -0.3 is 9.30 Å². The second kappa shape index (κ2) is 6.21. The number of pyridine rings is 1. The number of hydrogen-bond acceptors (Lipinski definition) is 6. The van der Waals surface area contributed by atoms with Crippen LogP contribution in [0.1, 0.15) is 18.7 Å². The Morgan fingerprint density at radius 2 is 2.17 bits per heavy atom. The lowest BCUT2D eigenvalue weighted by Gasteiger charge is -2.21. The SMILES string of the molecule is O=c1c2sccc2ccn1Cc1nnnn1CC1CCOCC1. The van der Waals surface area contributed by atoms with Crippen molar-refractivity contribution in [2.45, 2.75) is 25.9 Å². The molecule has 1 aliphatic heterocycles. The Bertz CT molecular complexity index is 862. The van der Waals surface area contributed by atoms with Gasteiger partial charge >= 0.3 is 0 Å². The Labute approximate surface area is 136 Å². The van der Waals surface area contributed by atoms with Crippen LogP contribution in [0.3, 0.4) is 0 Å². The van der Waals surface area contributed by atoms with Crippen molar-refractivity contribution in [3.63, 3.8) is 0 Å². The van der Waals surface area contributed by atoms with E-state index in [1.807, 2.05) is 28.4 Å². The number of nitrogens with zero attached hydrogens (tertiary/aromatic N) is 5.